The van der Waals surface area contributed by atoms with E-state index in [9.17, 15) is 4.79 Å². The second-order valence-electron chi connectivity index (χ2n) is 6.33. The molecule has 5 nitrogen and oxygen atoms in total. The third-order valence-corrected chi connectivity index (χ3v) is 5.15. The summed E-state index contributed by atoms with van der Waals surface area (Å²) in [4.78, 5) is 14.6. The van der Waals surface area contributed by atoms with Crippen molar-refractivity contribution in [3.05, 3.63) is 76.8 Å². The van der Waals surface area contributed by atoms with E-state index in [4.69, 9.17) is 0 Å². The number of benzene rings is 2. The van der Waals surface area contributed by atoms with Crippen LogP contribution in [0, 0.1) is 0 Å². The number of nitrogens with one attached hydrogen (secondary N) is 1. The molecule has 1 heterocycles. The lowest BCUT2D eigenvalue weighted by Crippen LogP contribution is -2.27. The molecule has 2 aromatic carbocycles. The van der Waals surface area contributed by atoms with Gasteiger partial charge in [0.25, 0.3) is 0 Å². The molecule has 0 saturated carbocycles. The Morgan fingerprint density at radius 1 is 0.963 bits per heavy atom. The minimum Gasteiger partial charge on any atom is -0.300 e. The van der Waals surface area contributed by atoms with E-state index >= 15 is 0 Å². The van der Waals surface area contributed by atoms with E-state index in [0.29, 0.717) is 18.1 Å². The second kappa shape index (κ2) is 9.94. The number of rotatable bonds is 9. The van der Waals surface area contributed by atoms with E-state index in [1.54, 1.807) is 0 Å². The van der Waals surface area contributed by atoms with Gasteiger partial charge in [-0.1, -0.05) is 78.9 Å². The number of hydrogen-bond acceptors (Lipinski definition) is 5. The normalized spacial score (nSPS) is 10.9. The topological polar surface area (TPSA) is 58.1 Å². The summed E-state index contributed by atoms with van der Waals surface area (Å²) in [5.41, 5.74) is 2.48. The van der Waals surface area contributed by atoms with Gasteiger partial charge in [-0.2, -0.15) is 0 Å². The molecule has 140 valence electrons. The van der Waals surface area contributed by atoms with Crippen molar-refractivity contribution in [1.82, 2.24) is 15.1 Å². The number of aromatic nitrogens is 2. The summed E-state index contributed by atoms with van der Waals surface area (Å²) in [6, 6.07) is 20.7. The summed E-state index contributed by atoms with van der Waals surface area (Å²) in [6.45, 7) is 4.32. The van der Waals surface area contributed by atoms with Crippen LogP contribution in [0.15, 0.2) is 60.7 Å². The van der Waals surface area contributed by atoms with Gasteiger partial charge in [-0.05, 0) is 17.5 Å². The maximum Gasteiger partial charge on any atom is 0.227 e. The van der Waals surface area contributed by atoms with Gasteiger partial charge < -0.3 is 5.32 Å². The molecule has 0 aliphatic carbocycles. The van der Waals surface area contributed by atoms with E-state index in [0.717, 1.165) is 24.5 Å². The molecule has 1 N–H and O–H groups in total. The zero-order valence-corrected chi connectivity index (χ0v) is 16.3. The molecule has 0 atom stereocenters. The lowest BCUT2D eigenvalue weighted by Gasteiger charge is -2.22. The second-order valence-corrected chi connectivity index (χ2v) is 7.40. The predicted octanol–water partition coefficient (Wildman–Crippen LogP) is 4.13. The zero-order chi connectivity index (χ0) is 18.9. The standard InChI is InChI=1S/C21H24N4OS/c1-2-20-23-24-21(27-20)22-19(26)13-14-25(15-17-9-5-3-6-10-17)16-18-11-7-4-8-12-18/h3-12H,2,13-16H2,1H3,(H,22,24,26). The van der Waals surface area contributed by atoms with Crippen LogP contribution >= 0.6 is 11.3 Å². The maximum absolute atomic E-state index is 12.3. The number of nitrogens with zero attached hydrogens (tertiary/aromatic N) is 3. The van der Waals surface area contributed by atoms with Crippen LogP contribution in [0.5, 0.6) is 0 Å². The summed E-state index contributed by atoms with van der Waals surface area (Å²) >= 11 is 1.43. The fraction of sp³-hybridized carbons (Fsp3) is 0.286. The van der Waals surface area contributed by atoms with Crippen molar-refractivity contribution in [2.75, 3.05) is 11.9 Å². The third kappa shape index (κ3) is 6.27. The molecule has 3 aromatic rings. The van der Waals surface area contributed by atoms with Crippen LogP contribution in [0.2, 0.25) is 0 Å². The SMILES string of the molecule is CCc1nnc(NC(=O)CCN(Cc2ccccc2)Cc2ccccc2)s1. The molecule has 3 rings (SSSR count). The molecular formula is C21H24N4OS. The Morgan fingerprint density at radius 3 is 2.07 bits per heavy atom. The number of carbonyl (C=O) groups excluding carboxylic acids is 1. The number of aryl methyl sites for hydroxylation is 1. The van der Waals surface area contributed by atoms with Crippen LogP contribution in [0.4, 0.5) is 5.13 Å². The fourth-order valence-corrected chi connectivity index (χ4v) is 3.48. The first-order valence-electron chi connectivity index (χ1n) is 9.15. The Balaban J connectivity index is 1.59. The Hall–Kier alpha value is -2.57. The lowest BCUT2D eigenvalue weighted by atomic mass is 10.1. The molecule has 0 unspecified atom stereocenters. The highest BCUT2D eigenvalue weighted by atomic mass is 32.1. The van der Waals surface area contributed by atoms with Crippen LogP contribution in [-0.4, -0.2) is 27.5 Å². The van der Waals surface area contributed by atoms with Crippen LogP contribution in [0.3, 0.4) is 0 Å². The summed E-state index contributed by atoms with van der Waals surface area (Å²) < 4.78 is 0. The average Bonchev–Trinajstić information content (AvgIpc) is 3.15. The summed E-state index contributed by atoms with van der Waals surface area (Å²) in [7, 11) is 0. The quantitative estimate of drug-likeness (QED) is 0.606. The van der Waals surface area contributed by atoms with E-state index in [1.807, 2.05) is 43.3 Å². The molecule has 6 heteroatoms. The first-order valence-corrected chi connectivity index (χ1v) is 9.97. The smallest absolute Gasteiger partial charge is 0.227 e. The summed E-state index contributed by atoms with van der Waals surface area (Å²) in [6.07, 6.45) is 1.25. The minimum atomic E-state index is -0.0278. The Kier molecular flexibility index (Phi) is 7.07. The van der Waals surface area contributed by atoms with Crippen molar-refractivity contribution < 1.29 is 4.79 Å². The first-order chi connectivity index (χ1) is 13.2. The van der Waals surface area contributed by atoms with Crippen molar-refractivity contribution in [2.45, 2.75) is 32.9 Å². The highest BCUT2D eigenvalue weighted by Crippen LogP contribution is 2.16. The Labute approximate surface area is 164 Å². The summed E-state index contributed by atoms with van der Waals surface area (Å²) in [5, 5.41) is 12.4. The molecule has 0 aliphatic heterocycles. The number of carbonyl (C=O) groups is 1. The van der Waals surface area contributed by atoms with Crippen molar-refractivity contribution in [3.63, 3.8) is 0 Å². The molecule has 0 spiro atoms. The first kappa shape index (κ1) is 19.2. The van der Waals surface area contributed by atoms with Gasteiger partial charge in [-0.3, -0.25) is 9.69 Å². The molecular weight excluding hydrogens is 356 g/mol. The van der Waals surface area contributed by atoms with Gasteiger partial charge in [0.15, 0.2) is 0 Å². The van der Waals surface area contributed by atoms with E-state index in [-0.39, 0.29) is 5.91 Å². The predicted molar refractivity (Wildman–Crippen MR) is 110 cm³/mol. The monoisotopic (exact) mass is 380 g/mol. The van der Waals surface area contributed by atoms with Gasteiger partial charge in [0.2, 0.25) is 11.0 Å². The van der Waals surface area contributed by atoms with Gasteiger partial charge in [0.05, 0.1) is 0 Å². The Morgan fingerprint density at radius 2 is 1.56 bits per heavy atom. The van der Waals surface area contributed by atoms with E-state index in [1.165, 1.54) is 22.5 Å². The van der Waals surface area contributed by atoms with Crippen LogP contribution < -0.4 is 5.32 Å². The number of anilines is 1. The van der Waals surface area contributed by atoms with Gasteiger partial charge in [0, 0.05) is 26.1 Å². The fourth-order valence-electron chi connectivity index (χ4n) is 2.79. The maximum atomic E-state index is 12.3. The lowest BCUT2D eigenvalue weighted by molar-refractivity contribution is -0.116. The molecule has 0 fully saturated rings. The van der Waals surface area contributed by atoms with Gasteiger partial charge in [-0.15, -0.1) is 10.2 Å². The van der Waals surface area contributed by atoms with Gasteiger partial charge >= 0.3 is 0 Å². The molecule has 1 amide bonds. The van der Waals surface area contributed by atoms with Crippen LogP contribution in [-0.2, 0) is 24.3 Å². The van der Waals surface area contributed by atoms with Crippen molar-refractivity contribution in [3.8, 4) is 0 Å². The minimum absolute atomic E-state index is 0.0278. The molecule has 0 bridgehead atoms. The molecule has 0 aliphatic rings. The molecule has 0 saturated heterocycles. The zero-order valence-electron chi connectivity index (χ0n) is 15.5. The van der Waals surface area contributed by atoms with E-state index < -0.39 is 0 Å². The molecule has 27 heavy (non-hydrogen) atoms. The molecule has 0 radical (unpaired) electrons. The largest absolute Gasteiger partial charge is 0.300 e. The average molecular weight is 381 g/mol. The van der Waals surface area contributed by atoms with Gasteiger partial charge in [0.1, 0.15) is 5.01 Å². The molecule has 1 aromatic heterocycles. The number of amides is 1. The summed E-state index contributed by atoms with van der Waals surface area (Å²) in [5.74, 6) is -0.0278. The van der Waals surface area contributed by atoms with Gasteiger partial charge in [-0.25, -0.2) is 0 Å². The van der Waals surface area contributed by atoms with Crippen molar-refractivity contribution in [1.29, 1.82) is 0 Å². The van der Waals surface area contributed by atoms with Crippen LogP contribution in [0.25, 0.3) is 0 Å². The highest BCUT2D eigenvalue weighted by molar-refractivity contribution is 7.15. The van der Waals surface area contributed by atoms with Crippen LogP contribution in [0.1, 0.15) is 29.5 Å². The Bertz CT molecular complexity index is 794. The van der Waals surface area contributed by atoms with E-state index in [2.05, 4.69) is 44.7 Å². The van der Waals surface area contributed by atoms with Crippen molar-refractivity contribution >= 4 is 22.4 Å². The third-order valence-electron chi connectivity index (χ3n) is 4.17. The number of hydrogen-bond donors (Lipinski definition) is 1. The van der Waals surface area contributed by atoms with Crippen molar-refractivity contribution in [2.24, 2.45) is 0 Å². The highest BCUT2D eigenvalue weighted by Gasteiger charge is 2.12.